The van der Waals surface area contributed by atoms with Crippen molar-refractivity contribution in [1.82, 2.24) is 10.2 Å². The molecule has 1 rings (SSSR count). The van der Waals surface area contributed by atoms with Crippen LogP contribution in [0.15, 0.2) is 24.3 Å². The van der Waals surface area contributed by atoms with Crippen molar-refractivity contribution in [1.29, 1.82) is 0 Å². The molecule has 0 bridgehead atoms. The molecule has 2 amide bonds. The first-order valence-electron chi connectivity index (χ1n) is 7.42. The predicted octanol–water partition coefficient (Wildman–Crippen LogP) is 1.99. The number of para-hydroxylation sites is 1. The van der Waals surface area contributed by atoms with Gasteiger partial charge in [0.15, 0.2) is 0 Å². The lowest BCUT2D eigenvalue weighted by molar-refractivity contribution is -0.130. The molecule has 0 unspecified atom stereocenters. The summed E-state index contributed by atoms with van der Waals surface area (Å²) in [6.45, 7) is 8.22. The number of hydrogen-bond donors (Lipinski definition) is 2. The molecule has 0 aliphatic rings. The van der Waals surface area contributed by atoms with E-state index < -0.39 is 0 Å². The van der Waals surface area contributed by atoms with Crippen LogP contribution in [0, 0.1) is 0 Å². The molecule has 0 radical (unpaired) electrons. The fourth-order valence-electron chi connectivity index (χ4n) is 2.14. The highest BCUT2D eigenvalue weighted by Gasteiger charge is 2.08. The van der Waals surface area contributed by atoms with Crippen LogP contribution < -0.4 is 10.6 Å². The van der Waals surface area contributed by atoms with E-state index in [1.807, 2.05) is 43.0 Å². The average Bonchev–Trinajstić information content (AvgIpc) is 2.46. The van der Waals surface area contributed by atoms with E-state index in [1.165, 1.54) is 6.92 Å². The van der Waals surface area contributed by atoms with Crippen LogP contribution in [-0.2, 0) is 16.1 Å². The van der Waals surface area contributed by atoms with E-state index in [0.717, 1.165) is 24.3 Å². The average molecular weight is 291 g/mol. The Balaban J connectivity index is 2.42. The zero-order chi connectivity index (χ0) is 15.7. The van der Waals surface area contributed by atoms with E-state index in [4.69, 9.17) is 0 Å². The summed E-state index contributed by atoms with van der Waals surface area (Å²) in [5.74, 6) is 0.0850. The molecule has 116 valence electrons. The highest BCUT2D eigenvalue weighted by atomic mass is 16.2. The molecule has 0 heterocycles. The highest BCUT2D eigenvalue weighted by Crippen LogP contribution is 2.14. The van der Waals surface area contributed by atoms with Crippen LogP contribution in [0.3, 0.4) is 0 Å². The van der Waals surface area contributed by atoms with Gasteiger partial charge in [-0.15, -0.1) is 0 Å². The van der Waals surface area contributed by atoms with Crippen molar-refractivity contribution in [2.75, 3.05) is 25.0 Å². The largest absolute Gasteiger partial charge is 0.343 e. The number of benzene rings is 1. The van der Waals surface area contributed by atoms with Crippen molar-refractivity contribution in [2.24, 2.45) is 0 Å². The Morgan fingerprint density at radius 1 is 1.14 bits per heavy atom. The van der Waals surface area contributed by atoms with E-state index in [-0.39, 0.29) is 11.8 Å². The lowest BCUT2D eigenvalue weighted by Crippen LogP contribution is -2.32. The number of carbonyl (C=O) groups is 2. The van der Waals surface area contributed by atoms with Gasteiger partial charge in [-0.05, 0) is 25.5 Å². The van der Waals surface area contributed by atoms with Gasteiger partial charge in [0.05, 0.1) is 0 Å². The molecule has 0 saturated carbocycles. The number of nitrogens with one attached hydrogen (secondary N) is 2. The topological polar surface area (TPSA) is 61.4 Å². The molecule has 0 saturated heterocycles. The molecule has 2 N–H and O–H groups in total. The molecule has 5 heteroatoms. The fourth-order valence-corrected chi connectivity index (χ4v) is 2.14. The summed E-state index contributed by atoms with van der Waals surface area (Å²) >= 11 is 0. The molecular weight excluding hydrogens is 266 g/mol. The second-order valence-corrected chi connectivity index (χ2v) is 4.83. The molecule has 0 aliphatic carbocycles. The minimum absolute atomic E-state index is 0.0841. The van der Waals surface area contributed by atoms with Crippen LogP contribution in [0.1, 0.15) is 32.8 Å². The molecular formula is C16H25N3O2. The Bertz CT molecular complexity index is 470. The number of hydrogen-bond acceptors (Lipinski definition) is 3. The highest BCUT2D eigenvalue weighted by molar-refractivity contribution is 5.89. The van der Waals surface area contributed by atoms with Gasteiger partial charge in [0.25, 0.3) is 0 Å². The van der Waals surface area contributed by atoms with E-state index in [9.17, 15) is 9.59 Å². The van der Waals surface area contributed by atoms with Gasteiger partial charge in [-0.2, -0.15) is 0 Å². The van der Waals surface area contributed by atoms with Gasteiger partial charge in [-0.25, -0.2) is 0 Å². The quantitative estimate of drug-likeness (QED) is 0.720. The second-order valence-electron chi connectivity index (χ2n) is 4.83. The first kappa shape index (κ1) is 17.2. The molecule has 0 aliphatic heterocycles. The number of amides is 2. The monoisotopic (exact) mass is 291 g/mol. The summed E-state index contributed by atoms with van der Waals surface area (Å²) in [4.78, 5) is 24.8. The summed E-state index contributed by atoms with van der Waals surface area (Å²) in [6.07, 6.45) is 0.490. The third kappa shape index (κ3) is 5.95. The second kappa shape index (κ2) is 9.13. The third-order valence-electron chi connectivity index (χ3n) is 3.28. The van der Waals surface area contributed by atoms with E-state index in [0.29, 0.717) is 19.5 Å². The zero-order valence-electron chi connectivity index (χ0n) is 13.1. The summed E-state index contributed by atoms with van der Waals surface area (Å²) in [5.41, 5.74) is 1.83. The Labute approximate surface area is 126 Å². The van der Waals surface area contributed by atoms with Gasteiger partial charge in [0.1, 0.15) is 0 Å². The predicted molar refractivity (Wildman–Crippen MR) is 85.0 cm³/mol. The maximum absolute atomic E-state index is 11.9. The Morgan fingerprint density at radius 3 is 2.43 bits per heavy atom. The van der Waals surface area contributed by atoms with Gasteiger partial charge < -0.3 is 15.5 Å². The van der Waals surface area contributed by atoms with Crippen LogP contribution in [0.5, 0.6) is 0 Å². The van der Waals surface area contributed by atoms with Gasteiger partial charge >= 0.3 is 0 Å². The van der Waals surface area contributed by atoms with Crippen LogP contribution in [0.2, 0.25) is 0 Å². The van der Waals surface area contributed by atoms with Crippen molar-refractivity contribution in [2.45, 2.75) is 33.7 Å². The van der Waals surface area contributed by atoms with Crippen LogP contribution in [0.4, 0.5) is 5.69 Å². The standard InChI is InChI=1S/C16H25N3O2/c1-4-19(5-2)16(21)10-11-17-12-14-8-6-7-9-15(14)18-13(3)20/h6-9,17H,4-5,10-12H2,1-3H3,(H,18,20). The molecule has 0 fully saturated rings. The first-order chi connectivity index (χ1) is 10.1. The Kier molecular flexibility index (Phi) is 7.46. The number of nitrogens with zero attached hydrogens (tertiary/aromatic N) is 1. The van der Waals surface area contributed by atoms with Crippen molar-refractivity contribution < 1.29 is 9.59 Å². The van der Waals surface area contributed by atoms with Crippen LogP contribution >= 0.6 is 0 Å². The summed E-state index contributed by atoms with van der Waals surface area (Å²) in [6, 6.07) is 7.66. The number of anilines is 1. The van der Waals surface area contributed by atoms with Gasteiger partial charge in [-0.1, -0.05) is 18.2 Å². The molecule has 1 aromatic rings. The molecule has 0 spiro atoms. The molecule has 5 nitrogen and oxygen atoms in total. The fraction of sp³-hybridized carbons (Fsp3) is 0.500. The molecule has 21 heavy (non-hydrogen) atoms. The van der Waals surface area contributed by atoms with Crippen molar-refractivity contribution in [3.63, 3.8) is 0 Å². The minimum atomic E-state index is -0.0841. The van der Waals surface area contributed by atoms with Crippen molar-refractivity contribution in [3.05, 3.63) is 29.8 Å². The van der Waals surface area contributed by atoms with Crippen LogP contribution in [0.25, 0.3) is 0 Å². The molecule has 0 aromatic heterocycles. The summed E-state index contributed by atoms with van der Waals surface area (Å²) < 4.78 is 0. The molecule has 0 atom stereocenters. The Hall–Kier alpha value is -1.88. The van der Waals surface area contributed by atoms with Crippen LogP contribution in [-0.4, -0.2) is 36.3 Å². The Morgan fingerprint density at radius 2 is 1.81 bits per heavy atom. The maximum Gasteiger partial charge on any atom is 0.223 e. The SMILES string of the molecule is CCN(CC)C(=O)CCNCc1ccccc1NC(C)=O. The van der Waals surface area contributed by atoms with E-state index in [2.05, 4.69) is 10.6 Å². The van der Waals surface area contributed by atoms with Gasteiger partial charge in [0, 0.05) is 45.2 Å². The van der Waals surface area contributed by atoms with Gasteiger partial charge in [-0.3, -0.25) is 9.59 Å². The lowest BCUT2D eigenvalue weighted by Gasteiger charge is -2.18. The van der Waals surface area contributed by atoms with E-state index >= 15 is 0 Å². The third-order valence-corrected chi connectivity index (χ3v) is 3.28. The number of carbonyl (C=O) groups excluding carboxylic acids is 2. The minimum Gasteiger partial charge on any atom is -0.343 e. The first-order valence-corrected chi connectivity index (χ1v) is 7.42. The normalized spacial score (nSPS) is 10.2. The lowest BCUT2D eigenvalue weighted by atomic mass is 10.1. The smallest absolute Gasteiger partial charge is 0.223 e. The van der Waals surface area contributed by atoms with Crippen molar-refractivity contribution in [3.8, 4) is 0 Å². The van der Waals surface area contributed by atoms with E-state index in [1.54, 1.807) is 0 Å². The molecule has 1 aromatic carbocycles. The summed E-state index contributed by atoms with van der Waals surface area (Å²) in [7, 11) is 0. The van der Waals surface area contributed by atoms with Gasteiger partial charge in [0.2, 0.25) is 11.8 Å². The summed E-state index contributed by atoms with van der Waals surface area (Å²) in [5, 5.41) is 6.06. The van der Waals surface area contributed by atoms with Crippen molar-refractivity contribution >= 4 is 17.5 Å². The maximum atomic E-state index is 11.9. The zero-order valence-corrected chi connectivity index (χ0v) is 13.1. The number of rotatable bonds is 8.